The first kappa shape index (κ1) is 17.9. The van der Waals surface area contributed by atoms with Crippen LogP contribution in [-0.4, -0.2) is 25.2 Å². The summed E-state index contributed by atoms with van der Waals surface area (Å²) in [4.78, 5) is 5.25. The number of fused-ring (bicyclic) bond motifs is 1. The van der Waals surface area contributed by atoms with Crippen molar-refractivity contribution in [3.63, 3.8) is 0 Å². The first-order chi connectivity index (χ1) is 13.0. The smallest absolute Gasteiger partial charge is 0.261 e. The van der Waals surface area contributed by atoms with Crippen LogP contribution in [0.4, 0.5) is 5.00 Å². The minimum atomic E-state index is -3.71. The van der Waals surface area contributed by atoms with Gasteiger partial charge in [-0.05, 0) is 30.5 Å². The molecular weight excluding hydrogens is 386 g/mol. The first-order valence-corrected chi connectivity index (χ1v) is 10.7. The van der Waals surface area contributed by atoms with E-state index < -0.39 is 10.0 Å². The Hall–Kier alpha value is -2.49. The van der Waals surface area contributed by atoms with Gasteiger partial charge in [0, 0.05) is 4.88 Å². The number of benzene rings is 1. The standard InChI is InChI=1S/C18H17N3O4S2/c1-12-19-17(25-20-12)16-14-7-9-24-11-15(14)26-18(16)21-27(22,23)10-8-13-5-3-2-4-6-13/h2-6,8,10,21H,7,9,11H2,1H3/b10-8+. The van der Waals surface area contributed by atoms with Crippen LogP contribution in [0, 0.1) is 6.92 Å². The van der Waals surface area contributed by atoms with Crippen LogP contribution < -0.4 is 4.72 Å². The van der Waals surface area contributed by atoms with E-state index in [0.29, 0.717) is 41.9 Å². The molecule has 140 valence electrons. The summed E-state index contributed by atoms with van der Waals surface area (Å²) in [6, 6.07) is 9.24. The van der Waals surface area contributed by atoms with Crippen LogP contribution in [0.25, 0.3) is 17.5 Å². The molecule has 1 N–H and O–H groups in total. The Morgan fingerprint density at radius 2 is 2.07 bits per heavy atom. The number of aromatic nitrogens is 2. The number of ether oxygens (including phenoxy) is 1. The van der Waals surface area contributed by atoms with E-state index in [0.717, 1.165) is 21.4 Å². The predicted octanol–water partition coefficient (Wildman–Crippen LogP) is 3.59. The molecule has 0 spiro atoms. The summed E-state index contributed by atoms with van der Waals surface area (Å²) in [7, 11) is -3.71. The van der Waals surface area contributed by atoms with Crippen molar-refractivity contribution in [2.45, 2.75) is 20.0 Å². The largest absolute Gasteiger partial charge is 0.376 e. The maximum absolute atomic E-state index is 12.6. The molecular formula is C18H17N3O4S2. The number of aryl methyl sites for hydroxylation is 1. The molecule has 0 aliphatic carbocycles. The lowest BCUT2D eigenvalue weighted by molar-refractivity contribution is 0.113. The van der Waals surface area contributed by atoms with Crippen molar-refractivity contribution in [1.29, 1.82) is 0 Å². The van der Waals surface area contributed by atoms with E-state index in [-0.39, 0.29) is 0 Å². The second-order valence-corrected chi connectivity index (χ2v) is 8.69. The number of thiophene rings is 1. The fraction of sp³-hybridized carbons (Fsp3) is 0.222. The van der Waals surface area contributed by atoms with Gasteiger partial charge in [-0.25, -0.2) is 8.42 Å². The van der Waals surface area contributed by atoms with Crippen LogP contribution in [0.15, 0.2) is 40.3 Å². The highest BCUT2D eigenvalue weighted by Gasteiger charge is 2.27. The van der Waals surface area contributed by atoms with Crippen LogP contribution in [-0.2, 0) is 27.8 Å². The zero-order chi connectivity index (χ0) is 18.9. The summed E-state index contributed by atoms with van der Waals surface area (Å²) in [5.74, 6) is 0.812. The van der Waals surface area contributed by atoms with Crippen LogP contribution in [0.3, 0.4) is 0 Å². The van der Waals surface area contributed by atoms with E-state index in [1.807, 2.05) is 30.3 Å². The molecule has 0 radical (unpaired) electrons. The fourth-order valence-electron chi connectivity index (χ4n) is 2.82. The highest BCUT2D eigenvalue weighted by atomic mass is 32.2. The minimum absolute atomic E-state index is 0.316. The molecule has 4 rings (SSSR count). The van der Waals surface area contributed by atoms with Gasteiger partial charge < -0.3 is 9.26 Å². The number of sulfonamides is 1. The van der Waals surface area contributed by atoms with E-state index in [4.69, 9.17) is 9.26 Å². The normalized spacial score (nSPS) is 14.4. The summed E-state index contributed by atoms with van der Waals surface area (Å²) >= 11 is 1.34. The Labute approximate surface area is 160 Å². The summed E-state index contributed by atoms with van der Waals surface area (Å²) in [5, 5.41) is 5.45. The van der Waals surface area contributed by atoms with Gasteiger partial charge in [0.15, 0.2) is 5.82 Å². The zero-order valence-electron chi connectivity index (χ0n) is 14.5. The number of hydrogen-bond donors (Lipinski definition) is 1. The van der Waals surface area contributed by atoms with Crippen molar-refractivity contribution < 1.29 is 17.7 Å². The Morgan fingerprint density at radius 1 is 1.26 bits per heavy atom. The SMILES string of the molecule is Cc1noc(-c2c(NS(=O)(=O)/C=C/c3ccccc3)sc3c2CCOC3)n1. The third-order valence-electron chi connectivity index (χ3n) is 4.04. The van der Waals surface area contributed by atoms with Gasteiger partial charge in [0.2, 0.25) is 0 Å². The molecule has 3 aromatic rings. The number of rotatable bonds is 5. The average Bonchev–Trinajstić information content (AvgIpc) is 3.23. The molecule has 7 nitrogen and oxygen atoms in total. The molecule has 1 aromatic carbocycles. The van der Waals surface area contributed by atoms with Crippen molar-refractivity contribution in [1.82, 2.24) is 10.1 Å². The molecule has 0 saturated carbocycles. The molecule has 3 heterocycles. The van der Waals surface area contributed by atoms with Gasteiger partial charge in [-0.2, -0.15) is 4.98 Å². The molecule has 1 aliphatic heterocycles. The monoisotopic (exact) mass is 403 g/mol. The van der Waals surface area contributed by atoms with Crippen LogP contribution >= 0.6 is 11.3 Å². The molecule has 0 amide bonds. The van der Waals surface area contributed by atoms with Crippen LogP contribution in [0.5, 0.6) is 0 Å². The molecule has 0 bridgehead atoms. The van der Waals surface area contributed by atoms with Crippen molar-refractivity contribution in [2.75, 3.05) is 11.3 Å². The summed E-state index contributed by atoms with van der Waals surface area (Å²) < 4.78 is 38.6. The summed E-state index contributed by atoms with van der Waals surface area (Å²) in [6.07, 6.45) is 2.22. The maximum atomic E-state index is 12.6. The van der Waals surface area contributed by atoms with Gasteiger partial charge >= 0.3 is 0 Å². The molecule has 0 atom stereocenters. The molecule has 0 saturated heterocycles. The van der Waals surface area contributed by atoms with E-state index in [1.54, 1.807) is 13.0 Å². The Bertz CT molecular complexity index is 1090. The van der Waals surface area contributed by atoms with Gasteiger partial charge in [0.25, 0.3) is 15.9 Å². The van der Waals surface area contributed by atoms with Crippen molar-refractivity contribution in [3.8, 4) is 11.5 Å². The van der Waals surface area contributed by atoms with E-state index >= 15 is 0 Å². The van der Waals surface area contributed by atoms with Crippen LogP contribution in [0.2, 0.25) is 0 Å². The summed E-state index contributed by atoms with van der Waals surface area (Å²) in [6.45, 7) is 2.74. The van der Waals surface area contributed by atoms with E-state index in [1.165, 1.54) is 11.3 Å². The lowest BCUT2D eigenvalue weighted by Gasteiger charge is -2.12. The highest BCUT2D eigenvalue weighted by Crippen LogP contribution is 2.43. The lowest BCUT2D eigenvalue weighted by atomic mass is 10.1. The summed E-state index contributed by atoms with van der Waals surface area (Å²) in [5.41, 5.74) is 2.45. The molecule has 0 unspecified atom stereocenters. The van der Waals surface area contributed by atoms with Crippen molar-refractivity contribution in [2.24, 2.45) is 0 Å². The van der Waals surface area contributed by atoms with Gasteiger partial charge in [0.1, 0.15) is 5.00 Å². The number of anilines is 1. The Balaban J connectivity index is 1.69. The van der Waals surface area contributed by atoms with Gasteiger partial charge in [-0.15, -0.1) is 11.3 Å². The zero-order valence-corrected chi connectivity index (χ0v) is 16.1. The quantitative estimate of drug-likeness (QED) is 0.700. The second kappa shape index (κ2) is 7.26. The number of nitrogens with one attached hydrogen (secondary N) is 1. The van der Waals surface area contributed by atoms with Crippen LogP contribution in [0.1, 0.15) is 21.8 Å². The predicted molar refractivity (Wildman–Crippen MR) is 104 cm³/mol. The highest BCUT2D eigenvalue weighted by molar-refractivity contribution is 7.95. The van der Waals surface area contributed by atoms with E-state index in [2.05, 4.69) is 14.9 Å². The van der Waals surface area contributed by atoms with Crippen molar-refractivity contribution in [3.05, 3.63) is 57.6 Å². The molecule has 1 aliphatic rings. The molecule has 0 fully saturated rings. The van der Waals surface area contributed by atoms with Crippen molar-refractivity contribution >= 4 is 32.4 Å². The average molecular weight is 403 g/mol. The minimum Gasteiger partial charge on any atom is -0.376 e. The molecule has 27 heavy (non-hydrogen) atoms. The van der Waals surface area contributed by atoms with Gasteiger partial charge in [-0.3, -0.25) is 4.72 Å². The number of nitrogens with zero attached hydrogens (tertiary/aromatic N) is 2. The maximum Gasteiger partial charge on any atom is 0.261 e. The Kier molecular flexibility index (Phi) is 4.81. The number of hydrogen-bond acceptors (Lipinski definition) is 7. The first-order valence-electron chi connectivity index (χ1n) is 8.31. The van der Waals surface area contributed by atoms with Gasteiger partial charge in [0.05, 0.1) is 24.2 Å². The molecule has 2 aromatic heterocycles. The lowest BCUT2D eigenvalue weighted by Crippen LogP contribution is -2.09. The third kappa shape index (κ3) is 3.95. The van der Waals surface area contributed by atoms with E-state index in [9.17, 15) is 8.42 Å². The topological polar surface area (TPSA) is 94.3 Å². The molecule has 9 heteroatoms. The fourth-order valence-corrected chi connectivity index (χ4v) is 5.13. The Morgan fingerprint density at radius 3 is 2.81 bits per heavy atom. The van der Waals surface area contributed by atoms with Gasteiger partial charge in [-0.1, -0.05) is 35.5 Å². The third-order valence-corrected chi connectivity index (χ3v) is 6.27. The second-order valence-electron chi connectivity index (χ2n) is 6.02.